The topological polar surface area (TPSA) is 113 Å². The average molecular weight is 503 g/mol. The number of carbonyl (C=O) groups excluding carboxylic acids is 2. The van der Waals surface area contributed by atoms with Crippen LogP contribution in [-0.2, 0) is 20.4 Å². The van der Waals surface area contributed by atoms with Gasteiger partial charge in [-0.3, -0.25) is 14.7 Å². The molecule has 0 aliphatic carbocycles. The number of anilines is 1. The van der Waals surface area contributed by atoms with Gasteiger partial charge in [0.15, 0.2) is 17.6 Å². The smallest absolute Gasteiger partial charge is 0.261 e. The van der Waals surface area contributed by atoms with Gasteiger partial charge in [0, 0.05) is 23.3 Å². The molecule has 3 aromatic rings. The summed E-state index contributed by atoms with van der Waals surface area (Å²) in [7, 11) is 0. The fraction of sp³-hybridized carbons (Fsp3) is 0.520. The van der Waals surface area contributed by atoms with E-state index in [0.29, 0.717) is 27.9 Å². The first kappa shape index (κ1) is 26.5. The highest BCUT2D eigenvalue weighted by atomic mass is 35.5. The van der Waals surface area contributed by atoms with Gasteiger partial charge >= 0.3 is 0 Å². The molecule has 0 aliphatic rings. The Labute approximate surface area is 211 Å². The lowest BCUT2D eigenvalue weighted by atomic mass is 9.73. The van der Waals surface area contributed by atoms with E-state index in [2.05, 4.69) is 46.7 Å². The molecule has 0 radical (unpaired) electrons. The molecule has 0 bridgehead atoms. The number of nitrogens with one attached hydrogen (secondary N) is 3. The van der Waals surface area contributed by atoms with Crippen molar-refractivity contribution in [2.45, 2.75) is 84.8 Å². The molecular formula is C25H35ClN6O3. The Morgan fingerprint density at radius 3 is 2.31 bits per heavy atom. The lowest BCUT2D eigenvalue weighted by Crippen LogP contribution is -2.58. The second-order valence-electron chi connectivity index (χ2n) is 10.9. The Morgan fingerprint density at radius 2 is 1.71 bits per heavy atom. The second-order valence-corrected chi connectivity index (χ2v) is 11.3. The Kier molecular flexibility index (Phi) is 6.96. The lowest BCUT2D eigenvalue weighted by molar-refractivity contribution is -0.129. The van der Waals surface area contributed by atoms with Crippen molar-refractivity contribution >= 4 is 34.7 Å². The minimum atomic E-state index is -0.814. The summed E-state index contributed by atoms with van der Waals surface area (Å²) in [6.45, 7) is 17.1. The van der Waals surface area contributed by atoms with Crippen molar-refractivity contribution in [2.75, 3.05) is 5.32 Å². The quantitative estimate of drug-likeness (QED) is 0.436. The number of fused-ring (bicyclic) bond motifs is 1. The maximum atomic E-state index is 13.2. The van der Waals surface area contributed by atoms with Crippen LogP contribution in [0.3, 0.4) is 0 Å². The van der Waals surface area contributed by atoms with Gasteiger partial charge < -0.3 is 15.4 Å². The third-order valence-corrected chi connectivity index (χ3v) is 6.84. The van der Waals surface area contributed by atoms with Crippen molar-refractivity contribution in [2.24, 2.45) is 0 Å². The fourth-order valence-electron chi connectivity index (χ4n) is 3.66. The predicted octanol–water partition coefficient (Wildman–Crippen LogP) is 4.61. The lowest BCUT2D eigenvalue weighted by Gasteiger charge is -2.41. The molecule has 2 heterocycles. The molecule has 2 amide bonds. The van der Waals surface area contributed by atoms with E-state index in [-0.39, 0.29) is 17.2 Å². The van der Waals surface area contributed by atoms with Gasteiger partial charge in [-0.25, -0.2) is 4.52 Å². The van der Waals surface area contributed by atoms with Crippen molar-refractivity contribution in [3.8, 4) is 5.75 Å². The number of aromatic nitrogens is 4. The summed E-state index contributed by atoms with van der Waals surface area (Å²) in [5.41, 5.74) is 0.309. The molecular weight excluding hydrogens is 468 g/mol. The Balaban J connectivity index is 1.84. The largest absolute Gasteiger partial charge is 0.479 e. The summed E-state index contributed by atoms with van der Waals surface area (Å²) in [6, 6.07) is 6.99. The SMILES string of the molecule is CC(=O)Nc1ccccc1OC(C)C(=O)NC(C)(C)C(C)(C)c1nnc2c(Cl)c(C(C)(C)C)[nH]n12. The molecule has 3 rings (SSSR count). The Morgan fingerprint density at radius 1 is 1.09 bits per heavy atom. The number of aromatic amines is 1. The van der Waals surface area contributed by atoms with Crippen molar-refractivity contribution < 1.29 is 14.3 Å². The first-order valence-corrected chi connectivity index (χ1v) is 11.9. The molecule has 0 spiro atoms. The molecule has 10 heteroatoms. The normalized spacial score (nSPS) is 13.5. The van der Waals surface area contributed by atoms with Crippen molar-refractivity contribution in [3.63, 3.8) is 0 Å². The third-order valence-electron chi connectivity index (χ3n) is 6.48. The van der Waals surface area contributed by atoms with E-state index >= 15 is 0 Å². The van der Waals surface area contributed by atoms with Gasteiger partial charge in [0.05, 0.1) is 11.4 Å². The molecule has 9 nitrogen and oxygen atoms in total. The summed E-state index contributed by atoms with van der Waals surface area (Å²) in [4.78, 5) is 24.7. The molecule has 0 saturated carbocycles. The van der Waals surface area contributed by atoms with Crippen LogP contribution in [-0.4, -0.2) is 43.3 Å². The van der Waals surface area contributed by atoms with Gasteiger partial charge in [-0.2, -0.15) is 0 Å². The summed E-state index contributed by atoms with van der Waals surface area (Å²) in [5, 5.41) is 18.4. The van der Waals surface area contributed by atoms with Crippen LogP contribution < -0.4 is 15.4 Å². The van der Waals surface area contributed by atoms with E-state index in [1.54, 1.807) is 35.7 Å². The summed E-state index contributed by atoms with van der Waals surface area (Å²) in [6.07, 6.45) is -0.814. The van der Waals surface area contributed by atoms with Crippen LogP contribution in [0.15, 0.2) is 24.3 Å². The number of hydrogen-bond acceptors (Lipinski definition) is 5. The molecule has 190 valence electrons. The van der Waals surface area contributed by atoms with Crippen LogP contribution in [0.5, 0.6) is 5.75 Å². The van der Waals surface area contributed by atoms with Crippen LogP contribution in [0, 0.1) is 0 Å². The first-order valence-electron chi connectivity index (χ1n) is 11.5. The molecule has 1 unspecified atom stereocenters. The standard InChI is InChI=1S/C25H35ClN6O3/c1-14(35-17-13-11-10-12-16(17)27-15(2)33)21(34)28-25(8,9)24(6,7)22-30-29-20-18(26)19(23(3,4)5)31-32(20)22/h10-14,31H,1-9H3,(H,27,33)(H,28,34). The number of para-hydroxylation sites is 2. The Hall–Kier alpha value is -3.07. The maximum absolute atomic E-state index is 13.2. The molecule has 0 saturated heterocycles. The van der Waals surface area contributed by atoms with Crippen LogP contribution in [0.25, 0.3) is 5.65 Å². The van der Waals surface area contributed by atoms with Crippen LogP contribution >= 0.6 is 11.6 Å². The number of nitrogens with zero attached hydrogens (tertiary/aromatic N) is 3. The minimum Gasteiger partial charge on any atom is -0.479 e. The van der Waals surface area contributed by atoms with Crippen LogP contribution in [0.4, 0.5) is 5.69 Å². The summed E-state index contributed by atoms with van der Waals surface area (Å²) < 4.78 is 7.69. The van der Waals surface area contributed by atoms with Gasteiger partial charge in [0.1, 0.15) is 10.8 Å². The number of hydrogen-bond donors (Lipinski definition) is 3. The van der Waals surface area contributed by atoms with E-state index in [1.807, 2.05) is 27.7 Å². The van der Waals surface area contributed by atoms with Gasteiger partial charge in [-0.15, -0.1) is 10.2 Å². The van der Waals surface area contributed by atoms with Gasteiger partial charge in [0.2, 0.25) is 5.91 Å². The van der Waals surface area contributed by atoms with Gasteiger partial charge in [-0.05, 0) is 32.9 Å². The molecule has 35 heavy (non-hydrogen) atoms. The molecule has 0 aliphatic heterocycles. The highest BCUT2D eigenvalue weighted by Crippen LogP contribution is 2.37. The number of halogens is 1. The number of benzene rings is 1. The van der Waals surface area contributed by atoms with Crippen LogP contribution in [0.2, 0.25) is 5.02 Å². The number of ether oxygens (including phenoxy) is 1. The van der Waals surface area contributed by atoms with Crippen molar-refractivity contribution in [1.82, 2.24) is 25.1 Å². The first-order chi connectivity index (χ1) is 16.1. The Bertz CT molecular complexity index is 1250. The highest BCUT2D eigenvalue weighted by molar-refractivity contribution is 6.34. The van der Waals surface area contributed by atoms with Gasteiger partial charge in [-0.1, -0.05) is 58.4 Å². The highest BCUT2D eigenvalue weighted by Gasteiger charge is 2.44. The zero-order valence-electron chi connectivity index (χ0n) is 21.8. The number of carbonyl (C=O) groups is 2. The van der Waals surface area contributed by atoms with Crippen molar-refractivity contribution in [1.29, 1.82) is 0 Å². The summed E-state index contributed by atoms with van der Waals surface area (Å²) >= 11 is 6.60. The van der Waals surface area contributed by atoms with E-state index in [1.165, 1.54) is 6.92 Å². The van der Waals surface area contributed by atoms with E-state index in [4.69, 9.17) is 16.3 Å². The number of H-pyrrole nitrogens is 1. The zero-order chi connectivity index (χ0) is 26.3. The zero-order valence-corrected chi connectivity index (χ0v) is 22.6. The number of amides is 2. The average Bonchev–Trinajstić information content (AvgIpc) is 3.29. The minimum absolute atomic E-state index is 0.205. The summed E-state index contributed by atoms with van der Waals surface area (Å²) in [5.74, 6) is 0.526. The van der Waals surface area contributed by atoms with Gasteiger partial charge in [0.25, 0.3) is 5.91 Å². The van der Waals surface area contributed by atoms with E-state index in [9.17, 15) is 9.59 Å². The van der Waals surface area contributed by atoms with Crippen LogP contribution in [0.1, 0.15) is 73.8 Å². The second kappa shape index (κ2) is 9.18. The van der Waals surface area contributed by atoms with E-state index < -0.39 is 17.1 Å². The van der Waals surface area contributed by atoms with E-state index in [0.717, 1.165) is 5.69 Å². The molecule has 2 aromatic heterocycles. The molecule has 3 N–H and O–H groups in total. The van der Waals surface area contributed by atoms with Crippen molar-refractivity contribution in [3.05, 3.63) is 40.8 Å². The third kappa shape index (κ3) is 5.15. The monoisotopic (exact) mass is 502 g/mol. The molecule has 1 aromatic carbocycles. The molecule has 0 fully saturated rings. The maximum Gasteiger partial charge on any atom is 0.261 e. The predicted molar refractivity (Wildman–Crippen MR) is 137 cm³/mol. The number of rotatable bonds is 7. The molecule has 1 atom stereocenters. The fourth-order valence-corrected chi connectivity index (χ4v) is 4.11.